The van der Waals surface area contributed by atoms with E-state index in [4.69, 9.17) is 19.9 Å². The number of esters is 2. The molecular weight excluding hydrogens is 322 g/mol. The molecule has 1 atom stereocenters. The normalized spacial score (nSPS) is 13.8. The first kappa shape index (κ1) is 17.5. The summed E-state index contributed by atoms with van der Waals surface area (Å²) in [5.41, 5.74) is 5.47. The van der Waals surface area contributed by atoms with E-state index in [1.807, 2.05) is 0 Å². The number of anilines is 3. The molecule has 1 aromatic rings. The predicted molar refractivity (Wildman–Crippen MR) is 83.2 cm³/mol. The number of rotatable bonds is 7. The van der Waals surface area contributed by atoms with Gasteiger partial charge in [-0.25, -0.2) is 0 Å². The zero-order valence-electron chi connectivity index (χ0n) is 13.3. The Morgan fingerprint density at radius 2 is 2.08 bits per heavy atom. The molecule has 0 saturated heterocycles. The summed E-state index contributed by atoms with van der Waals surface area (Å²) in [6, 6.07) is 0. The van der Waals surface area contributed by atoms with Crippen molar-refractivity contribution in [3.8, 4) is 0 Å². The van der Waals surface area contributed by atoms with Crippen LogP contribution >= 0.6 is 0 Å². The Bertz CT molecular complexity index is 675. The molecule has 1 aliphatic heterocycles. The van der Waals surface area contributed by atoms with Gasteiger partial charge in [-0.1, -0.05) is 0 Å². The minimum atomic E-state index is -0.723. The van der Waals surface area contributed by atoms with Crippen LogP contribution in [0.2, 0.25) is 0 Å². The standard InChI is InChI=1S/C13H19N5O6/c1-7(19)23-4-9(24-8(2)20)3-22-6-18-5-15-10-11(18)16-13(14)17-12(10)21/h9,15H,3-6H2,1-2H3,(H3,14,16,17,21). The van der Waals surface area contributed by atoms with Gasteiger partial charge < -0.3 is 30.2 Å². The van der Waals surface area contributed by atoms with E-state index in [9.17, 15) is 14.4 Å². The zero-order chi connectivity index (χ0) is 17.7. The average molecular weight is 341 g/mol. The van der Waals surface area contributed by atoms with Gasteiger partial charge in [-0.3, -0.25) is 19.4 Å². The highest BCUT2D eigenvalue weighted by molar-refractivity contribution is 5.70. The van der Waals surface area contributed by atoms with E-state index in [2.05, 4.69) is 15.3 Å². The third-order valence-corrected chi connectivity index (χ3v) is 3.02. The number of nitrogens with one attached hydrogen (secondary N) is 2. The fraction of sp³-hybridized carbons (Fsp3) is 0.538. The molecule has 24 heavy (non-hydrogen) atoms. The number of hydrogen-bond acceptors (Lipinski definition) is 10. The molecule has 2 rings (SSSR count). The van der Waals surface area contributed by atoms with E-state index in [1.165, 1.54) is 13.8 Å². The Hall–Kier alpha value is -2.82. The number of carbonyl (C=O) groups is 2. The molecule has 1 aromatic heterocycles. The summed E-state index contributed by atoms with van der Waals surface area (Å²) in [5, 5.41) is 2.89. The molecular formula is C13H19N5O6. The highest BCUT2D eigenvalue weighted by atomic mass is 16.6. The molecule has 4 N–H and O–H groups in total. The van der Waals surface area contributed by atoms with Crippen LogP contribution in [-0.2, 0) is 23.8 Å². The first-order valence-corrected chi connectivity index (χ1v) is 7.13. The predicted octanol–water partition coefficient (Wildman–Crippen LogP) is -0.990. The third kappa shape index (κ3) is 4.59. The second-order valence-electron chi connectivity index (χ2n) is 5.06. The molecule has 0 saturated carbocycles. The van der Waals surface area contributed by atoms with Gasteiger partial charge in [0.2, 0.25) is 5.95 Å². The Morgan fingerprint density at radius 3 is 2.75 bits per heavy atom. The Labute approximate surface area is 137 Å². The van der Waals surface area contributed by atoms with Crippen LogP contribution in [0.5, 0.6) is 0 Å². The van der Waals surface area contributed by atoms with Gasteiger partial charge in [0.15, 0.2) is 11.9 Å². The van der Waals surface area contributed by atoms with Gasteiger partial charge in [0.05, 0.1) is 13.3 Å². The molecule has 0 aromatic carbocycles. The van der Waals surface area contributed by atoms with Crippen LogP contribution in [0.25, 0.3) is 0 Å². The maximum atomic E-state index is 11.7. The largest absolute Gasteiger partial charge is 0.462 e. The number of nitrogens with zero attached hydrogens (tertiary/aromatic N) is 2. The van der Waals surface area contributed by atoms with Gasteiger partial charge in [0.25, 0.3) is 5.56 Å². The first-order chi connectivity index (χ1) is 11.4. The van der Waals surface area contributed by atoms with E-state index in [1.54, 1.807) is 4.90 Å². The molecule has 11 nitrogen and oxygen atoms in total. The summed E-state index contributed by atoms with van der Waals surface area (Å²) in [7, 11) is 0. The van der Waals surface area contributed by atoms with Crippen LogP contribution in [0.15, 0.2) is 4.79 Å². The fourth-order valence-corrected chi connectivity index (χ4v) is 2.08. The third-order valence-electron chi connectivity index (χ3n) is 3.02. The van der Waals surface area contributed by atoms with E-state index >= 15 is 0 Å². The summed E-state index contributed by atoms with van der Waals surface area (Å²) < 4.78 is 15.3. The van der Waals surface area contributed by atoms with Crippen molar-refractivity contribution in [1.29, 1.82) is 0 Å². The van der Waals surface area contributed by atoms with Crippen molar-refractivity contribution in [2.45, 2.75) is 20.0 Å². The van der Waals surface area contributed by atoms with Crippen molar-refractivity contribution in [3.05, 3.63) is 10.4 Å². The van der Waals surface area contributed by atoms with Crippen molar-refractivity contribution in [3.63, 3.8) is 0 Å². The van der Waals surface area contributed by atoms with Crippen LogP contribution in [0.3, 0.4) is 0 Å². The van der Waals surface area contributed by atoms with Crippen LogP contribution < -0.4 is 21.5 Å². The molecule has 0 fully saturated rings. The van der Waals surface area contributed by atoms with Gasteiger partial charge >= 0.3 is 11.9 Å². The minimum absolute atomic E-state index is 0.0000905. The summed E-state index contributed by atoms with van der Waals surface area (Å²) in [6.45, 7) is 2.81. The van der Waals surface area contributed by atoms with E-state index < -0.39 is 18.0 Å². The number of aromatic amines is 1. The lowest BCUT2D eigenvalue weighted by atomic mass is 10.4. The number of fused-ring (bicyclic) bond motifs is 1. The summed E-state index contributed by atoms with van der Waals surface area (Å²) in [6.07, 6.45) is -0.723. The average Bonchev–Trinajstić information content (AvgIpc) is 2.87. The highest BCUT2D eigenvalue weighted by Gasteiger charge is 2.24. The minimum Gasteiger partial charge on any atom is -0.462 e. The van der Waals surface area contributed by atoms with E-state index in [0.717, 1.165) is 0 Å². The van der Waals surface area contributed by atoms with Crippen molar-refractivity contribution in [2.75, 3.05) is 42.6 Å². The number of nitrogen functional groups attached to an aromatic ring is 1. The number of aromatic nitrogens is 2. The number of hydrogen-bond donors (Lipinski definition) is 3. The van der Waals surface area contributed by atoms with Crippen molar-refractivity contribution >= 4 is 29.4 Å². The smallest absolute Gasteiger partial charge is 0.303 e. The quantitative estimate of drug-likeness (QED) is 0.528. The maximum absolute atomic E-state index is 11.7. The SMILES string of the molecule is CC(=O)OCC(COCN1CNc2c1nc(N)[nH]c2=O)OC(C)=O. The number of carbonyl (C=O) groups excluding carboxylic acids is 2. The Kier molecular flexibility index (Phi) is 5.58. The number of ether oxygens (including phenoxy) is 3. The number of H-pyrrole nitrogens is 1. The molecule has 2 heterocycles. The molecule has 132 valence electrons. The molecule has 0 radical (unpaired) electrons. The molecule has 11 heteroatoms. The summed E-state index contributed by atoms with van der Waals surface area (Å²) in [5.74, 6) is -0.617. The summed E-state index contributed by atoms with van der Waals surface area (Å²) >= 11 is 0. The second kappa shape index (κ2) is 7.64. The van der Waals surface area contributed by atoms with Gasteiger partial charge in [-0.2, -0.15) is 4.98 Å². The highest BCUT2D eigenvalue weighted by Crippen LogP contribution is 2.25. The topological polar surface area (TPSA) is 149 Å². The Morgan fingerprint density at radius 1 is 1.33 bits per heavy atom. The second-order valence-corrected chi connectivity index (χ2v) is 5.06. The monoisotopic (exact) mass is 341 g/mol. The van der Waals surface area contributed by atoms with Crippen LogP contribution in [0.4, 0.5) is 17.5 Å². The molecule has 0 spiro atoms. The van der Waals surface area contributed by atoms with Crippen molar-refractivity contribution < 1.29 is 23.8 Å². The maximum Gasteiger partial charge on any atom is 0.303 e. The lowest BCUT2D eigenvalue weighted by Crippen LogP contribution is -2.32. The van der Waals surface area contributed by atoms with Gasteiger partial charge in [0.1, 0.15) is 19.0 Å². The molecule has 0 aliphatic carbocycles. The van der Waals surface area contributed by atoms with Crippen LogP contribution in [0, 0.1) is 0 Å². The lowest BCUT2D eigenvalue weighted by molar-refractivity contribution is -0.159. The van der Waals surface area contributed by atoms with Gasteiger partial charge in [-0.15, -0.1) is 0 Å². The summed E-state index contributed by atoms with van der Waals surface area (Å²) in [4.78, 5) is 41.7. The van der Waals surface area contributed by atoms with Crippen LogP contribution in [-0.4, -0.2) is 54.6 Å². The molecule has 1 unspecified atom stereocenters. The fourth-order valence-electron chi connectivity index (χ4n) is 2.08. The number of nitrogens with two attached hydrogens (primary N) is 1. The van der Waals surface area contributed by atoms with E-state index in [0.29, 0.717) is 18.2 Å². The zero-order valence-corrected chi connectivity index (χ0v) is 13.3. The molecule has 1 aliphatic rings. The Balaban J connectivity index is 1.90. The van der Waals surface area contributed by atoms with Crippen molar-refractivity contribution in [2.24, 2.45) is 0 Å². The van der Waals surface area contributed by atoms with Gasteiger partial charge in [-0.05, 0) is 0 Å². The van der Waals surface area contributed by atoms with Crippen molar-refractivity contribution in [1.82, 2.24) is 9.97 Å². The molecule has 0 bridgehead atoms. The van der Waals surface area contributed by atoms with Crippen LogP contribution in [0.1, 0.15) is 13.8 Å². The molecule has 0 amide bonds. The van der Waals surface area contributed by atoms with Gasteiger partial charge in [0, 0.05) is 13.8 Å². The first-order valence-electron chi connectivity index (χ1n) is 7.13. The van der Waals surface area contributed by atoms with E-state index in [-0.39, 0.29) is 31.5 Å². The lowest BCUT2D eigenvalue weighted by Gasteiger charge is -2.20.